The fourth-order valence-corrected chi connectivity index (χ4v) is 2.91. The summed E-state index contributed by atoms with van der Waals surface area (Å²) in [4.78, 5) is 0. The van der Waals surface area contributed by atoms with Crippen LogP contribution in [0.25, 0.3) is 0 Å². The number of rotatable bonds is 4. The minimum Gasteiger partial charge on any atom is -0.310 e. The van der Waals surface area contributed by atoms with Crippen LogP contribution in [0.2, 0.25) is 0 Å². The first-order chi connectivity index (χ1) is 8.20. The van der Waals surface area contributed by atoms with Gasteiger partial charge in [-0.2, -0.15) is 0 Å². The Labute approximate surface area is 106 Å². The second-order valence-corrected chi connectivity index (χ2v) is 5.63. The molecule has 1 atom stereocenters. The third-order valence-electron chi connectivity index (χ3n) is 3.62. The molecule has 1 unspecified atom stereocenters. The zero-order chi connectivity index (χ0) is 12.3. The van der Waals surface area contributed by atoms with Crippen LogP contribution in [0, 0.1) is 5.92 Å². The van der Waals surface area contributed by atoms with E-state index in [4.69, 9.17) is 0 Å². The Kier molecular flexibility index (Phi) is 4.22. The van der Waals surface area contributed by atoms with E-state index in [0.29, 0.717) is 6.04 Å². The van der Waals surface area contributed by atoms with E-state index < -0.39 is 0 Å². The van der Waals surface area contributed by atoms with Crippen molar-refractivity contribution in [3.05, 3.63) is 34.9 Å². The molecular weight excluding hydrogens is 206 g/mol. The average Bonchev–Trinajstić information content (AvgIpc) is 2.29. The van der Waals surface area contributed by atoms with Crippen molar-refractivity contribution in [1.82, 2.24) is 5.32 Å². The Bertz CT molecular complexity index is 368. The highest BCUT2D eigenvalue weighted by molar-refractivity contribution is 5.36. The van der Waals surface area contributed by atoms with Gasteiger partial charge in [-0.25, -0.2) is 0 Å². The summed E-state index contributed by atoms with van der Waals surface area (Å²) in [5.41, 5.74) is 4.63. The van der Waals surface area contributed by atoms with Crippen LogP contribution in [0.15, 0.2) is 18.2 Å². The van der Waals surface area contributed by atoms with Crippen LogP contribution < -0.4 is 5.32 Å². The predicted molar refractivity (Wildman–Crippen MR) is 74.3 cm³/mol. The van der Waals surface area contributed by atoms with Crippen molar-refractivity contribution in [3.63, 3.8) is 0 Å². The standard InChI is InChI=1S/C16H25N/c1-4-17-16-7-5-6-14-9-8-13(10-12(2)3)11-15(14)16/h8-9,11-12,16-17H,4-7,10H2,1-3H3. The molecule has 0 heterocycles. The Morgan fingerprint density at radius 1 is 1.35 bits per heavy atom. The van der Waals surface area contributed by atoms with E-state index in [1.165, 1.54) is 31.2 Å². The van der Waals surface area contributed by atoms with Crippen molar-refractivity contribution in [2.45, 2.75) is 52.5 Å². The highest BCUT2D eigenvalue weighted by Gasteiger charge is 2.19. The van der Waals surface area contributed by atoms with Crippen molar-refractivity contribution in [3.8, 4) is 0 Å². The lowest BCUT2D eigenvalue weighted by Crippen LogP contribution is -2.25. The number of nitrogens with one attached hydrogen (secondary N) is 1. The quantitative estimate of drug-likeness (QED) is 0.829. The van der Waals surface area contributed by atoms with Gasteiger partial charge < -0.3 is 5.32 Å². The van der Waals surface area contributed by atoms with Gasteiger partial charge in [0.2, 0.25) is 0 Å². The van der Waals surface area contributed by atoms with Gasteiger partial charge in [-0.05, 0) is 54.8 Å². The Balaban J connectivity index is 2.24. The molecule has 0 radical (unpaired) electrons. The van der Waals surface area contributed by atoms with Crippen LogP contribution in [0.4, 0.5) is 0 Å². The van der Waals surface area contributed by atoms with Crippen LogP contribution in [0.1, 0.15) is 56.3 Å². The summed E-state index contributed by atoms with van der Waals surface area (Å²) in [7, 11) is 0. The smallest absolute Gasteiger partial charge is 0.0323 e. The van der Waals surface area contributed by atoms with Crippen molar-refractivity contribution >= 4 is 0 Å². The summed E-state index contributed by atoms with van der Waals surface area (Å²) < 4.78 is 0. The maximum atomic E-state index is 3.62. The molecule has 0 fully saturated rings. The maximum absolute atomic E-state index is 3.62. The minimum absolute atomic E-state index is 0.593. The van der Waals surface area contributed by atoms with E-state index in [1.54, 1.807) is 11.1 Å². The molecule has 1 heteroatoms. The Morgan fingerprint density at radius 2 is 2.18 bits per heavy atom. The van der Waals surface area contributed by atoms with E-state index in [0.717, 1.165) is 12.5 Å². The molecule has 0 saturated heterocycles. The van der Waals surface area contributed by atoms with E-state index in [9.17, 15) is 0 Å². The van der Waals surface area contributed by atoms with Crippen molar-refractivity contribution < 1.29 is 0 Å². The van der Waals surface area contributed by atoms with Crippen molar-refractivity contribution in [1.29, 1.82) is 0 Å². The summed E-state index contributed by atoms with van der Waals surface area (Å²) >= 11 is 0. The fourth-order valence-electron chi connectivity index (χ4n) is 2.91. The molecule has 1 aliphatic carbocycles. The lowest BCUT2D eigenvalue weighted by atomic mass is 9.85. The third-order valence-corrected chi connectivity index (χ3v) is 3.62. The SMILES string of the molecule is CCNC1CCCc2ccc(CC(C)C)cc21. The summed E-state index contributed by atoms with van der Waals surface area (Å²) in [6.07, 6.45) is 5.09. The Hall–Kier alpha value is -0.820. The van der Waals surface area contributed by atoms with Gasteiger partial charge in [-0.3, -0.25) is 0 Å². The predicted octanol–water partition coefficient (Wildman–Crippen LogP) is 3.87. The molecule has 94 valence electrons. The summed E-state index contributed by atoms with van der Waals surface area (Å²) in [5.74, 6) is 0.745. The van der Waals surface area contributed by atoms with Crippen LogP contribution in [-0.4, -0.2) is 6.54 Å². The first kappa shape index (κ1) is 12.6. The van der Waals surface area contributed by atoms with Crippen LogP contribution in [0.5, 0.6) is 0 Å². The van der Waals surface area contributed by atoms with Crippen LogP contribution in [0.3, 0.4) is 0 Å². The highest BCUT2D eigenvalue weighted by atomic mass is 14.9. The van der Waals surface area contributed by atoms with Crippen LogP contribution >= 0.6 is 0 Å². The van der Waals surface area contributed by atoms with E-state index in [-0.39, 0.29) is 0 Å². The second-order valence-electron chi connectivity index (χ2n) is 5.63. The molecule has 0 aromatic heterocycles. The monoisotopic (exact) mass is 231 g/mol. The fraction of sp³-hybridized carbons (Fsp3) is 0.625. The van der Waals surface area contributed by atoms with Gasteiger partial charge in [-0.15, -0.1) is 0 Å². The lowest BCUT2D eigenvalue weighted by Gasteiger charge is -2.27. The number of hydrogen-bond acceptors (Lipinski definition) is 1. The van der Waals surface area contributed by atoms with Gasteiger partial charge in [0.25, 0.3) is 0 Å². The molecule has 0 bridgehead atoms. The summed E-state index contributed by atoms with van der Waals surface area (Å²) in [5, 5.41) is 3.62. The Morgan fingerprint density at radius 3 is 2.88 bits per heavy atom. The summed E-state index contributed by atoms with van der Waals surface area (Å²) in [6, 6.07) is 7.72. The number of fused-ring (bicyclic) bond motifs is 1. The highest BCUT2D eigenvalue weighted by Crippen LogP contribution is 2.30. The molecule has 0 spiro atoms. The molecule has 1 aromatic rings. The maximum Gasteiger partial charge on any atom is 0.0323 e. The molecule has 1 aliphatic rings. The molecular formula is C16H25N. The normalized spacial score (nSPS) is 19.4. The van der Waals surface area contributed by atoms with E-state index in [2.05, 4.69) is 44.3 Å². The zero-order valence-electron chi connectivity index (χ0n) is 11.4. The number of benzene rings is 1. The van der Waals surface area contributed by atoms with E-state index in [1.807, 2.05) is 0 Å². The molecule has 0 saturated carbocycles. The number of aryl methyl sites for hydroxylation is 1. The first-order valence-corrected chi connectivity index (χ1v) is 7.05. The molecule has 1 N–H and O–H groups in total. The van der Waals surface area contributed by atoms with Crippen LogP contribution in [-0.2, 0) is 12.8 Å². The number of hydrogen-bond donors (Lipinski definition) is 1. The molecule has 0 aliphatic heterocycles. The topological polar surface area (TPSA) is 12.0 Å². The molecule has 1 nitrogen and oxygen atoms in total. The lowest BCUT2D eigenvalue weighted by molar-refractivity contribution is 0.471. The molecule has 1 aromatic carbocycles. The molecule has 0 amide bonds. The van der Waals surface area contributed by atoms with Gasteiger partial charge in [0, 0.05) is 6.04 Å². The van der Waals surface area contributed by atoms with Crippen molar-refractivity contribution in [2.24, 2.45) is 5.92 Å². The average molecular weight is 231 g/mol. The first-order valence-electron chi connectivity index (χ1n) is 7.05. The largest absolute Gasteiger partial charge is 0.310 e. The van der Waals surface area contributed by atoms with Crippen molar-refractivity contribution in [2.75, 3.05) is 6.54 Å². The minimum atomic E-state index is 0.593. The summed E-state index contributed by atoms with van der Waals surface area (Å²) in [6.45, 7) is 7.85. The molecule has 17 heavy (non-hydrogen) atoms. The van der Waals surface area contributed by atoms with Gasteiger partial charge in [-0.1, -0.05) is 39.0 Å². The zero-order valence-corrected chi connectivity index (χ0v) is 11.4. The van der Waals surface area contributed by atoms with Gasteiger partial charge in [0.05, 0.1) is 0 Å². The second kappa shape index (κ2) is 5.68. The molecule has 2 rings (SSSR count). The third kappa shape index (κ3) is 3.10. The van der Waals surface area contributed by atoms with E-state index >= 15 is 0 Å². The van der Waals surface area contributed by atoms with Gasteiger partial charge in [0.1, 0.15) is 0 Å². The van der Waals surface area contributed by atoms with Gasteiger partial charge in [0.15, 0.2) is 0 Å². The van der Waals surface area contributed by atoms with Gasteiger partial charge >= 0.3 is 0 Å².